The van der Waals surface area contributed by atoms with Gasteiger partial charge in [0.2, 0.25) is 0 Å². The summed E-state index contributed by atoms with van der Waals surface area (Å²) in [7, 11) is 0. The summed E-state index contributed by atoms with van der Waals surface area (Å²) in [6.07, 6.45) is 45.9. The SMILES string of the molecule is C.C.C#C.C#CC.C#CC#CC.C#CC#CC#C.C#CC#CC#CC.C#CC#CC#CC#CC.C#CC#CC#CC#CC#C.CC#CC.CC#CC#CC#CC.CC#CC#CC#CC#CC#CC.N.N#N.[Co]. The van der Waals surface area contributed by atoms with Gasteiger partial charge in [-0.25, -0.2) is 0 Å². The van der Waals surface area contributed by atoms with Crippen molar-refractivity contribution < 1.29 is 16.8 Å². The monoisotopic (exact) mass is 968 g/mol. The van der Waals surface area contributed by atoms with Crippen LogP contribution in [0.4, 0.5) is 0 Å². The maximum Gasteiger partial charge on any atom is 0 e. The summed E-state index contributed by atoms with van der Waals surface area (Å²) in [4.78, 5) is 0. The van der Waals surface area contributed by atoms with E-state index in [1.165, 1.54) is 0 Å². The largest absolute Gasteiger partial charge is 0.344 e. The van der Waals surface area contributed by atoms with E-state index in [0.717, 1.165) is 0 Å². The molecule has 347 valence electrons. The maximum absolute atomic E-state index is 6.00. The molecule has 3 nitrogen and oxygen atoms in total. The Morgan fingerprint density at radius 2 is 0.306 bits per heavy atom. The van der Waals surface area contributed by atoms with Gasteiger partial charge in [0.25, 0.3) is 0 Å². The fraction of sp³-hybridized carbons (Fsp3) is 0.176. The van der Waals surface area contributed by atoms with Gasteiger partial charge in [0.1, 0.15) is 0 Å². The number of rotatable bonds is 0. The van der Waals surface area contributed by atoms with Crippen LogP contribution in [-0.4, -0.2) is 0 Å². The van der Waals surface area contributed by atoms with Gasteiger partial charge in [-0.1, -0.05) is 56.3 Å². The van der Waals surface area contributed by atoms with Gasteiger partial charge in [0.05, 0.1) is 0 Å². The van der Waals surface area contributed by atoms with Gasteiger partial charge in [0, 0.05) is 27.6 Å². The first-order chi connectivity index (χ1) is 33.2. The van der Waals surface area contributed by atoms with Gasteiger partial charge in [0.15, 0.2) is 0 Å². The van der Waals surface area contributed by atoms with Gasteiger partial charge in [-0.2, -0.15) is 0 Å². The second-order valence-electron chi connectivity index (χ2n) is 7.17. The molecule has 0 aromatic rings. The maximum atomic E-state index is 6.00. The Morgan fingerprint density at radius 3 is 0.403 bits per heavy atom. The van der Waals surface area contributed by atoms with Crippen LogP contribution in [0, 0.1) is 347 Å². The standard InChI is InChI=1S/C12H6.C10H2.C9H4.C8H6.C7H4.C6H2.C5H4.C4H6.C3H4.C2H2.2CH4.Co.N2.H3N/c1-3-5-7-9-11-12-10-8-6-4-2;1-3-5-7-9-10-8-6-4-2;1-3-5-7-9-8-6-4-2;1-3-5-7-8-6-4-2;1-3-5-7-6-4-2;1-3-5-6-4-2;1-3-5-4-2;1-3-4-2;1-3-2;1-2;;;;1-2;/h1-2H3;1-2H;1H,2H3;1-2H3;1H,2H3;1-2H;1H,2H3;1-2H3;1H,2H3;1-2H;2*1H4;;;1H3. The van der Waals surface area contributed by atoms with E-state index >= 15 is 0 Å². The van der Waals surface area contributed by atoms with Gasteiger partial charge in [-0.3, -0.25) is 0 Å². The normalized spacial score (nSPS) is 3.14. The van der Waals surface area contributed by atoms with Crippen molar-refractivity contribution in [3.63, 3.8) is 0 Å². The summed E-state index contributed by atoms with van der Waals surface area (Å²) >= 11 is 0. The minimum atomic E-state index is 0. The van der Waals surface area contributed by atoms with Crippen molar-refractivity contribution in [3.8, 4) is 337 Å². The van der Waals surface area contributed by atoms with E-state index in [0.29, 0.717) is 0 Å². The molecule has 3 N–H and O–H groups in total. The first-order valence-electron chi connectivity index (χ1n) is 17.1. The van der Waals surface area contributed by atoms with Crippen LogP contribution in [0.2, 0.25) is 0 Å². The van der Waals surface area contributed by atoms with Gasteiger partial charge in [-0.05, 0) is 282 Å². The van der Waals surface area contributed by atoms with E-state index in [9.17, 15) is 0 Å². The summed E-state index contributed by atoms with van der Waals surface area (Å²) in [6, 6.07) is 0. The van der Waals surface area contributed by atoms with Crippen LogP contribution in [0.3, 0.4) is 0 Å². The summed E-state index contributed by atoms with van der Waals surface area (Å²) in [5.41, 5.74) is 0. The van der Waals surface area contributed by atoms with Crippen LogP contribution >= 0.6 is 0 Å². The third-order valence-corrected chi connectivity index (χ3v) is 3.01. The average molecular weight is 969 g/mol. The first-order valence-corrected chi connectivity index (χ1v) is 17.1. The van der Waals surface area contributed by atoms with Crippen LogP contribution in [0.25, 0.3) is 0 Å². The van der Waals surface area contributed by atoms with Crippen molar-refractivity contribution >= 4 is 0 Å². The second-order valence-corrected chi connectivity index (χ2v) is 7.17. The van der Waals surface area contributed by atoms with E-state index in [1.807, 2.05) is 13.8 Å². The molecule has 0 bridgehead atoms. The summed E-state index contributed by atoms with van der Waals surface area (Å²) in [5.74, 6) is 112. The number of hydrogen-bond acceptors (Lipinski definition) is 3. The van der Waals surface area contributed by atoms with Crippen LogP contribution in [-0.2, 0) is 16.8 Å². The Bertz CT molecular complexity index is 3050. The molecule has 0 atom stereocenters. The second kappa shape index (κ2) is 172. The molecular weight excluding hydrogens is 918 g/mol. The van der Waals surface area contributed by atoms with E-state index in [-0.39, 0.29) is 37.8 Å². The van der Waals surface area contributed by atoms with Crippen molar-refractivity contribution in [2.45, 2.75) is 84.1 Å². The predicted molar refractivity (Wildman–Crippen MR) is 307 cm³/mol. The van der Waals surface area contributed by atoms with E-state index in [1.54, 1.807) is 55.4 Å². The van der Waals surface area contributed by atoms with E-state index < -0.39 is 0 Å². The molecule has 0 aromatic heterocycles. The van der Waals surface area contributed by atoms with Gasteiger partial charge in [-0.15, -0.1) is 82.0 Å². The van der Waals surface area contributed by atoms with Crippen LogP contribution < -0.4 is 6.15 Å². The molecule has 0 amide bonds. The smallest absolute Gasteiger partial charge is 0 e. The zero-order valence-electron chi connectivity index (χ0n) is 40.7. The molecule has 0 aliphatic carbocycles. The Kier molecular flexibility index (Phi) is 246. The molecule has 0 heterocycles. The van der Waals surface area contributed by atoms with E-state index in [2.05, 4.69) is 292 Å². The molecule has 0 aliphatic heterocycles. The zero-order valence-corrected chi connectivity index (χ0v) is 41.7. The zero-order chi connectivity index (χ0) is 54.5. The molecular formula is C68H51CoN3. The summed E-state index contributed by atoms with van der Waals surface area (Å²) < 4.78 is 0. The van der Waals surface area contributed by atoms with Crippen molar-refractivity contribution in [2.24, 2.45) is 0 Å². The van der Waals surface area contributed by atoms with Gasteiger partial charge < -0.3 is 6.15 Å². The molecule has 72 heavy (non-hydrogen) atoms. The predicted octanol–water partition coefficient (Wildman–Crippen LogP) is 7.92. The molecule has 1 radical (unpaired) electrons. The molecule has 0 rings (SSSR count). The fourth-order valence-corrected chi connectivity index (χ4v) is 1.16. The molecule has 0 aromatic carbocycles. The minimum absolute atomic E-state index is 0. The molecule has 0 spiro atoms. The van der Waals surface area contributed by atoms with E-state index in [4.69, 9.17) is 55.7 Å². The van der Waals surface area contributed by atoms with Crippen LogP contribution in [0.15, 0.2) is 0 Å². The fourth-order valence-electron chi connectivity index (χ4n) is 1.16. The average Bonchev–Trinajstić information content (AvgIpc) is 3.37. The topological polar surface area (TPSA) is 82.6 Å². The third-order valence-electron chi connectivity index (χ3n) is 3.01. The molecule has 0 fully saturated rings. The van der Waals surface area contributed by atoms with Crippen molar-refractivity contribution in [2.75, 3.05) is 0 Å². The third kappa shape index (κ3) is 305. The molecule has 0 saturated carbocycles. The number of nitrogens with zero attached hydrogens (tertiary/aromatic N) is 2. The molecule has 4 heteroatoms. The van der Waals surface area contributed by atoms with Crippen molar-refractivity contribution in [1.82, 2.24) is 6.15 Å². The van der Waals surface area contributed by atoms with Gasteiger partial charge >= 0.3 is 0 Å². The quantitative estimate of drug-likeness (QED) is 0.198. The Hall–Kier alpha value is -12.4. The molecule has 0 aliphatic rings. The van der Waals surface area contributed by atoms with Crippen LogP contribution in [0.5, 0.6) is 0 Å². The summed E-state index contributed by atoms with van der Waals surface area (Å²) in [5, 5.41) is 12.0. The molecule has 0 unspecified atom stereocenters. The van der Waals surface area contributed by atoms with Crippen molar-refractivity contribution in [1.29, 1.82) is 10.8 Å². The number of terminal acetylenes is 9. The summed E-state index contributed by atoms with van der Waals surface area (Å²) in [6.45, 7) is 17.4. The van der Waals surface area contributed by atoms with Crippen LogP contribution in [0.1, 0.15) is 84.1 Å². The number of hydrogen-bond donors (Lipinski definition) is 1. The minimum Gasteiger partial charge on any atom is -0.344 e. The Labute approximate surface area is 451 Å². The Balaban J connectivity index is -0.0000000392. The Morgan fingerprint density at radius 1 is 0.208 bits per heavy atom. The first kappa shape index (κ1) is 103. The molecule has 0 saturated heterocycles. The van der Waals surface area contributed by atoms with Crippen molar-refractivity contribution in [3.05, 3.63) is 0 Å².